The molecule has 0 atom stereocenters. The van der Waals surface area contributed by atoms with Crippen LogP contribution in [0.4, 0.5) is 0 Å². The number of hydrogen-bond donors (Lipinski definition) is 1. The van der Waals surface area contributed by atoms with Gasteiger partial charge in [-0.15, -0.1) is 11.3 Å². The Bertz CT molecular complexity index is 629. The molecule has 0 saturated carbocycles. The van der Waals surface area contributed by atoms with Gasteiger partial charge in [0.15, 0.2) is 12.0 Å². The third kappa shape index (κ3) is 1.62. The van der Waals surface area contributed by atoms with Crippen molar-refractivity contribution in [2.75, 3.05) is 0 Å². The van der Waals surface area contributed by atoms with Crippen molar-refractivity contribution in [3.63, 3.8) is 0 Å². The SMILES string of the molecule is SCc1csc(-c2ccc3ncoc3c2)n1. The molecule has 2 heterocycles. The van der Waals surface area contributed by atoms with Gasteiger partial charge in [0.25, 0.3) is 0 Å². The molecule has 0 spiro atoms. The molecule has 0 aliphatic carbocycles. The minimum Gasteiger partial charge on any atom is -0.443 e. The van der Waals surface area contributed by atoms with Gasteiger partial charge in [0.2, 0.25) is 0 Å². The van der Waals surface area contributed by atoms with Gasteiger partial charge in [0, 0.05) is 16.7 Å². The lowest BCUT2D eigenvalue weighted by Crippen LogP contribution is -1.79. The summed E-state index contributed by atoms with van der Waals surface area (Å²) in [6.07, 6.45) is 1.45. The van der Waals surface area contributed by atoms with Crippen molar-refractivity contribution in [2.45, 2.75) is 5.75 Å². The molecule has 0 saturated heterocycles. The molecule has 80 valence electrons. The molecule has 0 amide bonds. The molecule has 5 heteroatoms. The van der Waals surface area contributed by atoms with Crippen molar-refractivity contribution < 1.29 is 4.42 Å². The van der Waals surface area contributed by atoms with Crippen LogP contribution >= 0.6 is 24.0 Å². The topological polar surface area (TPSA) is 38.9 Å². The van der Waals surface area contributed by atoms with Gasteiger partial charge in [-0.2, -0.15) is 12.6 Å². The summed E-state index contributed by atoms with van der Waals surface area (Å²) in [7, 11) is 0. The van der Waals surface area contributed by atoms with E-state index in [1.54, 1.807) is 11.3 Å². The summed E-state index contributed by atoms with van der Waals surface area (Å²) in [4.78, 5) is 8.55. The number of hydrogen-bond acceptors (Lipinski definition) is 5. The molecule has 16 heavy (non-hydrogen) atoms. The molecule has 0 aliphatic heterocycles. The highest BCUT2D eigenvalue weighted by Gasteiger charge is 2.06. The number of nitrogens with zero attached hydrogens (tertiary/aromatic N) is 2. The minimum absolute atomic E-state index is 0.668. The zero-order chi connectivity index (χ0) is 11.0. The predicted octanol–water partition coefficient (Wildman–Crippen LogP) is 3.38. The average molecular weight is 248 g/mol. The van der Waals surface area contributed by atoms with Gasteiger partial charge in [-0.05, 0) is 18.2 Å². The lowest BCUT2D eigenvalue weighted by molar-refractivity contribution is 0.602. The Morgan fingerprint density at radius 2 is 2.31 bits per heavy atom. The number of oxazole rings is 1. The standard InChI is InChI=1S/C11H8N2OS2/c15-4-8-5-16-11(13-8)7-1-2-9-10(3-7)14-6-12-9/h1-3,5-6,15H,4H2. The van der Waals surface area contributed by atoms with E-state index < -0.39 is 0 Å². The first-order valence-electron chi connectivity index (χ1n) is 4.76. The molecule has 1 aromatic carbocycles. The highest BCUT2D eigenvalue weighted by molar-refractivity contribution is 7.79. The highest BCUT2D eigenvalue weighted by atomic mass is 32.1. The molecule has 0 unspecified atom stereocenters. The van der Waals surface area contributed by atoms with Crippen molar-refractivity contribution in [1.82, 2.24) is 9.97 Å². The normalized spacial score (nSPS) is 11.1. The van der Waals surface area contributed by atoms with Crippen LogP contribution < -0.4 is 0 Å². The molecule has 3 aromatic rings. The van der Waals surface area contributed by atoms with Crippen LogP contribution in [0.3, 0.4) is 0 Å². The molecular weight excluding hydrogens is 240 g/mol. The van der Waals surface area contributed by atoms with Crippen LogP contribution in [0.1, 0.15) is 5.69 Å². The molecule has 3 rings (SSSR count). The largest absolute Gasteiger partial charge is 0.443 e. The van der Waals surface area contributed by atoms with E-state index in [1.807, 2.05) is 23.6 Å². The van der Waals surface area contributed by atoms with Crippen LogP contribution in [0.15, 0.2) is 34.4 Å². The van der Waals surface area contributed by atoms with Crippen molar-refractivity contribution in [3.8, 4) is 10.6 Å². The van der Waals surface area contributed by atoms with Crippen LogP contribution in [0.5, 0.6) is 0 Å². The molecule has 0 fully saturated rings. The summed E-state index contributed by atoms with van der Waals surface area (Å²) in [5.41, 5.74) is 3.72. The third-order valence-corrected chi connectivity index (χ3v) is 3.56. The van der Waals surface area contributed by atoms with Gasteiger partial charge >= 0.3 is 0 Å². The second-order valence-corrected chi connectivity index (χ2v) is 4.51. The summed E-state index contributed by atoms with van der Waals surface area (Å²) < 4.78 is 5.26. The van der Waals surface area contributed by atoms with Gasteiger partial charge in [-0.3, -0.25) is 0 Å². The number of thiazole rings is 1. The first-order valence-corrected chi connectivity index (χ1v) is 6.27. The third-order valence-electron chi connectivity index (χ3n) is 2.29. The van der Waals surface area contributed by atoms with Crippen molar-refractivity contribution in [2.24, 2.45) is 0 Å². The molecule has 0 N–H and O–H groups in total. The Kier molecular flexibility index (Phi) is 2.41. The molecule has 0 bridgehead atoms. The zero-order valence-corrected chi connectivity index (χ0v) is 9.96. The number of aromatic nitrogens is 2. The van der Waals surface area contributed by atoms with Crippen molar-refractivity contribution in [1.29, 1.82) is 0 Å². The highest BCUT2D eigenvalue weighted by Crippen LogP contribution is 2.27. The second kappa shape index (κ2) is 3.92. The minimum atomic E-state index is 0.668. The van der Waals surface area contributed by atoms with Crippen LogP contribution in [0.25, 0.3) is 21.7 Å². The monoisotopic (exact) mass is 248 g/mol. The molecular formula is C11H8N2OS2. The van der Waals surface area contributed by atoms with E-state index >= 15 is 0 Å². The predicted molar refractivity (Wildman–Crippen MR) is 67.8 cm³/mol. The Hall–Kier alpha value is -1.33. The van der Waals surface area contributed by atoms with Crippen LogP contribution in [-0.2, 0) is 5.75 Å². The fraction of sp³-hybridized carbons (Fsp3) is 0.0909. The molecule has 2 aromatic heterocycles. The van der Waals surface area contributed by atoms with Crippen molar-refractivity contribution in [3.05, 3.63) is 35.7 Å². The Morgan fingerprint density at radius 1 is 1.38 bits per heavy atom. The lowest BCUT2D eigenvalue weighted by atomic mass is 10.2. The average Bonchev–Trinajstić information content (AvgIpc) is 2.96. The summed E-state index contributed by atoms with van der Waals surface area (Å²) in [5.74, 6) is 0.668. The van der Waals surface area contributed by atoms with E-state index in [0.29, 0.717) is 5.75 Å². The smallest absolute Gasteiger partial charge is 0.181 e. The van der Waals surface area contributed by atoms with Crippen LogP contribution in [0.2, 0.25) is 0 Å². The Labute approximate surface area is 102 Å². The van der Waals surface area contributed by atoms with Gasteiger partial charge in [0.05, 0.1) is 5.69 Å². The number of rotatable bonds is 2. The quantitative estimate of drug-likeness (QED) is 0.707. The molecule has 3 nitrogen and oxygen atoms in total. The number of benzene rings is 1. The summed E-state index contributed by atoms with van der Waals surface area (Å²) in [6, 6.07) is 5.91. The van der Waals surface area contributed by atoms with Gasteiger partial charge in [0.1, 0.15) is 10.5 Å². The first-order chi connectivity index (χ1) is 7.86. The van der Waals surface area contributed by atoms with Crippen LogP contribution in [-0.4, -0.2) is 9.97 Å². The summed E-state index contributed by atoms with van der Waals surface area (Å²) in [6.45, 7) is 0. The van der Waals surface area contributed by atoms with E-state index in [2.05, 4.69) is 22.6 Å². The summed E-state index contributed by atoms with van der Waals surface area (Å²) in [5, 5.41) is 3.01. The van der Waals surface area contributed by atoms with Crippen LogP contribution in [0, 0.1) is 0 Å². The van der Waals surface area contributed by atoms with Gasteiger partial charge < -0.3 is 4.42 Å². The van der Waals surface area contributed by atoms with Gasteiger partial charge in [-0.25, -0.2) is 9.97 Å². The lowest BCUT2D eigenvalue weighted by Gasteiger charge is -1.94. The van der Waals surface area contributed by atoms with E-state index in [4.69, 9.17) is 4.42 Å². The Balaban J connectivity index is 2.10. The van der Waals surface area contributed by atoms with E-state index in [9.17, 15) is 0 Å². The zero-order valence-electron chi connectivity index (χ0n) is 8.25. The maximum absolute atomic E-state index is 5.26. The Morgan fingerprint density at radius 3 is 3.12 bits per heavy atom. The molecule has 0 radical (unpaired) electrons. The first kappa shape index (κ1) is 9.86. The van der Waals surface area contributed by atoms with E-state index in [1.165, 1.54) is 6.39 Å². The molecule has 0 aliphatic rings. The van der Waals surface area contributed by atoms with E-state index in [0.717, 1.165) is 27.4 Å². The maximum Gasteiger partial charge on any atom is 0.181 e. The van der Waals surface area contributed by atoms with Crippen molar-refractivity contribution >= 4 is 35.1 Å². The fourth-order valence-electron chi connectivity index (χ4n) is 1.50. The summed E-state index contributed by atoms with van der Waals surface area (Å²) >= 11 is 5.82. The maximum atomic E-state index is 5.26. The number of fused-ring (bicyclic) bond motifs is 1. The van der Waals surface area contributed by atoms with E-state index in [-0.39, 0.29) is 0 Å². The number of thiol groups is 1. The second-order valence-electron chi connectivity index (χ2n) is 3.34. The fourth-order valence-corrected chi connectivity index (χ4v) is 2.60. The van der Waals surface area contributed by atoms with Gasteiger partial charge in [-0.1, -0.05) is 0 Å².